The smallest absolute Gasteiger partial charge is 0.211 e. The average molecular weight is 225 g/mol. The minimum atomic E-state index is -0.138. The van der Waals surface area contributed by atoms with E-state index >= 15 is 0 Å². The number of ketones is 1. The summed E-state index contributed by atoms with van der Waals surface area (Å²) in [4.78, 5) is 22.6. The molecule has 84 valence electrons. The van der Waals surface area contributed by atoms with Gasteiger partial charge in [-0.15, -0.1) is 5.92 Å². The summed E-state index contributed by atoms with van der Waals surface area (Å²) < 4.78 is 0. The number of fused-ring (bicyclic) bond motifs is 1. The number of hydrogen-bond acceptors (Lipinski definition) is 2. The number of benzene rings is 1. The topological polar surface area (TPSA) is 46.2 Å². The highest BCUT2D eigenvalue weighted by Gasteiger charge is 2.28. The van der Waals surface area contributed by atoms with Crippen LogP contribution in [0, 0.1) is 11.8 Å². The summed E-state index contributed by atoms with van der Waals surface area (Å²) in [6.45, 7) is 1.75. The van der Waals surface area contributed by atoms with Crippen molar-refractivity contribution >= 4 is 17.8 Å². The Morgan fingerprint density at radius 1 is 1.29 bits per heavy atom. The van der Waals surface area contributed by atoms with Crippen LogP contribution in [0.25, 0.3) is 5.57 Å². The molecule has 0 aromatic heterocycles. The highest BCUT2D eigenvalue weighted by molar-refractivity contribution is 6.21. The van der Waals surface area contributed by atoms with Crippen molar-refractivity contribution in [2.45, 2.75) is 13.3 Å². The predicted octanol–water partition coefficient (Wildman–Crippen LogP) is 1.75. The van der Waals surface area contributed by atoms with Crippen LogP contribution in [-0.2, 0) is 4.79 Å². The highest BCUT2D eigenvalue weighted by Crippen LogP contribution is 2.33. The predicted molar refractivity (Wildman–Crippen MR) is 65.0 cm³/mol. The molecule has 0 saturated carbocycles. The molecule has 0 atom stereocenters. The first-order valence-electron chi connectivity index (χ1n) is 5.26. The second kappa shape index (κ2) is 4.67. The Morgan fingerprint density at radius 3 is 2.65 bits per heavy atom. The Kier molecular flexibility index (Phi) is 3.06. The summed E-state index contributed by atoms with van der Waals surface area (Å²) in [6.07, 6.45) is 0.994. The van der Waals surface area contributed by atoms with Gasteiger partial charge in [-0.25, -0.2) is 0 Å². The van der Waals surface area contributed by atoms with Crippen molar-refractivity contribution in [3.63, 3.8) is 0 Å². The van der Waals surface area contributed by atoms with E-state index in [2.05, 4.69) is 17.2 Å². The Bertz CT molecular complexity index is 573. The van der Waals surface area contributed by atoms with Crippen LogP contribution in [0.3, 0.4) is 0 Å². The lowest BCUT2D eigenvalue weighted by molar-refractivity contribution is -0.108. The van der Waals surface area contributed by atoms with Crippen LogP contribution in [0.2, 0.25) is 0 Å². The number of amides is 1. The fourth-order valence-corrected chi connectivity index (χ4v) is 1.92. The number of carbonyl (C=O) groups excluding carboxylic acids is 2. The molecule has 0 unspecified atom stereocenters. The number of nitrogens with one attached hydrogen (secondary N) is 1. The molecule has 1 aromatic rings. The van der Waals surface area contributed by atoms with Crippen LogP contribution in [0.15, 0.2) is 30.0 Å². The molecule has 0 radical (unpaired) electrons. The zero-order chi connectivity index (χ0) is 12.3. The number of rotatable bonds is 3. The second-order valence-electron chi connectivity index (χ2n) is 3.59. The maximum absolute atomic E-state index is 12.0. The van der Waals surface area contributed by atoms with Gasteiger partial charge in [0.1, 0.15) is 0 Å². The van der Waals surface area contributed by atoms with Gasteiger partial charge in [-0.2, -0.15) is 0 Å². The Hall–Kier alpha value is -2.34. The Labute approximate surface area is 99.5 Å². The van der Waals surface area contributed by atoms with Crippen molar-refractivity contribution < 1.29 is 9.59 Å². The van der Waals surface area contributed by atoms with E-state index in [1.165, 1.54) is 0 Å². The lowest BCUT2D eigenvalue weighted by atomic mass is 10.0. The second-order valence-corrected chi connectivity index (χ2v) is 3.59. The van der Waals surface area contributed by atoms with Gasteiger partial charge in [0.05, 0.1) is 5.70 Å². The van der Waals surface area contributed by atoms with Gasteiger partial charge >= 0.3 is 0 Å². The van der Waals surface area contributed by atoms with Gasteiger partial charge in [0, 0.05) is 12.0 Å². The van der Waals surface area contributed by atoms with Gasteiger partial charge < -0.3 is 5.32 Å². The first kappa shape index (κ1) is 11.2. The molecule has 1 aliphatic rings. The fourth-order valence-electron chi connectivity index (χ4n) is 1.92. The molecule has 3 heteroatoms. The molecule has 2 rings (SSSR count). The third-order valence-corrected chi connectivity index (χ3v) is 2.67. The van der Waals surface area contributed by atoms with E-state index < -0.39 is 0 Å². The summed E-state index contributed by atoms with van der Waals surface area (Å²) >= 11 is 0. The van der Waals surface area contributed by atoms with E-state index in [1.54, 1.807) is 13.0 Å². The lowest BCUT2D eigenvalue weighted by Crippen LogP contribution is -2.16. The van der Waals surface area contributed by atoms with Crippen molar-refractivity contribution in [3.05, 3.63) is 41.1 Å². The largest absolute Gasteiger partial charge is 0.325 e. The number of hydrogen-bond donors (Lipinski definition) is 1. The van der Waals surface area contributed by atoms with Crippen LogP contribution in [0.1, 0.15) is 29.3 Å². The molecule has 3 nitrogen and oxygen atoms in total. The quantitative estimate of drug-likeness (QED) is 0.629. The molecule has 0 heterocycles. The van der Waals surface area contributed by atoms with Crippen LogP contribution < -0.4 is 5.32 Å². The molecule has 0 aliphatic heterocycles. The minimum Gasteiger partial charge on any atom is -0.325 e. The van der Waals surface area contributed by atoms with E-state index in [1.807, 2.05) is 18.2 Å². The van der Waals surface area contributed by atoms with Crippen LogP contribution in [0.4, 0.5) is 0 Å². The molecular weight excluding hydrogens is 214 g/mol. The van der Waals surface area contributed by atoms with Gasteiger partial charge in [0.25, 0.3) is 0 Å². The molecule has 17 heavy (non-hydrogen) atoms. The highest BCUT2D eigenvalue weighted by atomic mass is 16.1. The molecule has 0 bridgehead atoms. The molecule has 1 N–H and O–H groups in total. The van der Waals surface area contributed by atoms with Gasteiger partial charge in [0.2, 0.25) is 12.2 Å². The van der Waals surface area contributed by atoms with Gasteiger partial charge in [-0.3, -0.25) is 9.59 Å². The van der Waals surface area contributed by atoms with Crippen LogP contribution in [0.5, 0.6) is 0 Å². The fraction of sp³-hybridized carbons (Fsp3) is 0.143. The van der Waals surface area contributed by atoms with Crippen molar-refractivity contribution in [1.29, 1.82) is 0 Å². The third kappa shape index (κ3) is 1.85. The maximum atomic E-state index is 12.0. The van der Waals surface area contributed by atoms with Crippen molar-refractivity contribution in [2.75, 3.05) is 0 Å². The molecule has 0 fully saturated rings. The molecular formula is C14H11NO2. The average Bonchev–Trinajstić information content (AvgIpc) is 2.62. The monoisotopic (exact) mass is 225 g/mol. The molecule has 0 spiro atoms. The summed E-state index contributed by atoms with van der Waals surface area (Å²) in [7, 11) is 0. The van der Waals surface area contributed by atoms with Gasteiger partial charge in [-0.1, -0.05) is 30.2 Å². The van der Waals surface area contributed by atoms with Crippen molar-refractivity contribution in [1.82, 2.24) is 5.32 Å². The number of Topliss-reactive ketones (excluding diaryl/α,β-unsaturated/α-hetero) is 1. The zero-order valence-electron chi connectivity index (χ0n) is 9.41. The summed E-state index contributed by atoms with van der Waals surface area (Å²) in [6, 6.07) is 7.31. The minimum absolute atomic E-state index is 0.138. The lowest BCUT2D eigenvalue weighted by Gasteiger charge is -2.01. The van der Waals surface area contributed by atoms with Crippen molar-refractivity contribution in [2.24, 2.45) is 0 Å². The number of carbonyl (C=O) groups is 2. The van der Waals surface area contributed by atoms with E-state index in [0.29, 0.717) is 24.1 Å². The standard InChI is InChI=1S/C14H11NO2/c1-2-3-6-11-10-7-4-5-8-12(10)14(17)13(11)15-9-16/h4-5,7-9H,6H2,1H3,(H,15,16,17). The summed E-state index contributed by atoms with van der Waals surface area (Å²) in [5.41, 5.74) is 2.64. The summed E-state index contributed by atoms with van der Waals surface area (Å²) in [5, 5.41) is 2.48. The van der Waals surface area contributed by atoms with Crippen LogP contribution >= 0.6 is 0 Å². The Morgan fingerprint density at radius 2 is 2.00 bits per heavy atom. The van der Waals surface area contributed by atoms with E-state index in [-0.39, 0.29) is 5.78 Å². The van der Waals surface area contributed by atoms with Gasteiger partial charge in [-0.05, 0) is 18.1 Å². The van der Waals surface area contributed by atoms with E-state index in [9.17, 15) is 9.59 Å². The number of allylic oxidation sites excluding steroid dienone is 2. The summed E-state index contributed by atoms with van der Waals surface area (Å²) in [5.74, 6) is 5.58. The molecule has 0 saturated heterocycles. The first-order valence-corrected chi connectivity index (χ1v) is 5.26. The Balaban J connectivity index is 2.53. The van der Waals surface area contributed by atoms with E-state index in [0.717, 1.165) is 11.1 Å². The van der Waals surface area contributed by atoms with Crippen LogP contribution in [-0.4, -0.2) is 12.2 Å². The SMILES string of the molecule is CC#CCC1=C(NC=O)C(=O)c2ccccc21. The maximum Gasteiger partial charge on any atom is 0.211 e. The zero-order valence-corrected chi connectivity index (χ0v) is 9.41. The normalized spacial score (nSPS) is 12.9. The third-order valence-electron chi connectivity index (χ3n) is 2.67. The molecule has 1 aliphatic carbocycles. The van der Waals surface area contributed by atoms with Crippen molar-refractivity contribution in [3.8, 4) is 11.8 Å². The molecule has 1 amide bonds. The molecule has 1 aromatic carbocycles. The first-order chi connectivity index (χ1) is 8.29. The van der Waals surface area contributed by atoms with Gasteiger partial charge in [0.15, 0.2) is 0 Å². The van der Waals surface area contributed by atoms with E-state index in [4.69, 9.17) is 0 Å².